The van der Waals surface area contributed by atoms with Crippen molar-refractivity contribution < 1.29 is 24.3 Å². The molecule has 0 heterocycles. The molecule has 1 rings (SSSR count). The Kier molecular flexibility index (Phi) is 11.9. The zero-order valence-corrected chi connectivity index (χ0v) is 18.2. The monoisotopic (exact) mass is 434 g/mol. The van der Waals surface area contributed by atoms with Gasteiger partial charge in [0.15, 0.2) is 0 Å². The molecule has 31 heavy (non-hydrogen) atoms. The first-order valence-corrected chi connectivity index (χ1v) is 10.6. The number of nitrogens with two attached hydrogens (primary N) is 1. The predicted molar refractivity (Wildman–Crippen MR) is 117 cm³/mol. The van der Waals surface area contributed by atoms with Gasteiger partial charge in [0.1, 0.15) is 18.1 Å². The van der Waals surface area contributed by atoms with Gasteiger partial charge in [-0.2, -0.15) is 0 Å². The molecule has 0 aromatic heterocycles. The molecule has 172 valence electrons. The van der Waals surface area contributed by atoms with Crippen LogP contribution in [0.3, 0.4) is 0 Å². The molecule has 1 aromatic rings. The van der Waals surface area contributed by atoms with Crippen LogP contribution in [0.25, 0.3) is 0 Å². The first-order chi connectivity index (χ1) is 14.7. The highest BCUT2D eigenvalue weighted by molar-refractivity contribution is 5.93. The minimum atomic E-state index is -1.18. The van der Waals surface area contributed by atoms with E-state index in [1.807, 2.05) is 30.3 Å². The quantitative estimate of drug-likeness (QED) is 0.272. The Balaban J connectivity index is 2.45. The molecule has 0 saturated heterocycles. The molecular weight excluding hydrogens is 400 g/mol. The average Bonchev–Trinajstić information content (AvgIpc) is 2.74. The van der Waals surface area contributed by atoms with Crippen LogP contribution >= 0.6 is 0 Å². The number of unbranched alkanes of at least 4 members (excludes halogenated alkanes) is 1. The van der Waals surface area contributed by atoms with E-state index < -0.39 is 35.9 Å². The molecule has 0 radical (unpaired) electrons. The standard InChI is InChI=1S/C22H34N4O5/c1-15(24-19(27)13-7-6-11-17-9-4-3-5-10-17)20(28)26-18(12-8-14-23)21(29)25-16(2)22(30)31/h3-5,9-10,15-16,18H,6-8,11-14,23H2,1-2H3,(H,24,27)(H,25,29)(H,26,28)(H,30,31)/t15-,16-,18-/m0/s1. The summed E-state index contributed by atoms with van der Waals surface area (Å²) in [5, 5.41) is 16.5. The lowest BCUT2D eigenvalue weighted by atomic mass is 10.1. The molecule has 0 bridgehead atoms. The molecule has 0 spiro atoms. The third-order valence-electron chi connectivity index (χ3n) is 4.79. The van der Waals surface area contributed by atoms with Gasteiger partial charge in [0.05, 0.1) is 0 Å². The Hall–Kier alpha value is -2.94. The second-order valence-corrected chi connectivity index (χ2v) is 7.54. The summed E-state index contributed by atoms with van der Waals surface area (Å²) in [6.07, 6.45) is 3.49. The van der Waals surface area contributed by atoms with E-state index in [0.717, 1.165) is 12.8 Å². The number of benzene rings is 1. The highest BCUT2D eigenvalue weighted by Crippen LogP contribution is 2.06. The van der Waals surface area contributed by atoms with Crippen molar-refractivity contribution in [3.8, 4) is 0 Å². The second-order valence-electron chi connectivity index (χ2n) is 7.54. The summed E-state index contributed by atoms with van der Waals surface area (Å²) in [4.78, 5) is 47.8. The number of nitrogens with one attached hydrogen (secondary N) is 3. The van der Waals surface area contributed by atoms with E-state index in [1.165, 1.54) is 19.4 Å². The molecule has 0 unspecified atom stereocenters. The molecule has 3 atom stereocenters. The molecular formula is C22H34N4O5. The van der Waals surface area contributed by atoms with Crippen LogP contribution in [0, 0.1) is 0 Å². The first-order valence-electron chi connectivity index (χ1n) is 10.6. The van der Waals surface area contributed by atoms with Crippen molar-refractivity contribution in [3.63, 3.8) is 0 Å². The Morgan fingerprint density at radius 3 is 2.19 bits per heavy atom. The van der Waals surface area contributed by atoms with Crippen molar-refractivity contribution in [3.05, 3.63) is 35.9 Å². The van der Waals surface area contributed by atoms with Crippen LogP contribution in [0.4, 0.5) is 0 Å². The topological polar surface area (TPSA) is 151 Å². The van der Waals surface area contributed by atoms with Gasteiger partial charge in [0.2, 0.25) is 17.7 Å². The zero-order chi connectivity index (χ0) is 23.2. The molecule has 0 fully saturated rings. The zero-order valence-electron chi connectivity index (χ0n) is 18.2. The lowest BCUT2D eigenvalue weighted by Gasteiger charge is -2.22. The summed E-state index contributed by atoms with van der Waals surface area (Å²) in [6.45, 7) is 3.20. The van der Waals surface area contributed by atoms with Crippen molar-refractivity contribution in [1.29, 1.82) is 0 Å². The molecule has 9 nitrogen and oxygen atoms in total. The summed E-state index contributed by atoms with van der Waals surface area (Å²) < 4.78 is 0. The minimum Gasteiger partial charge on any atom is -0.480 e. The van der Waals surface area contributed by atoms with Crippen molar-refractivity contribution in [1.82, 2.24) is 16.0 Å². The molecule has 0 aliphatic rings. The van der Waals surface area contributed by atoms with E-state index in [1.54, 1.807) is 0 Å². The maximum absolute atomic E-state index is 12.4. The highest BCUT2D eigenvalue weighted by atomic mass is 16.4. The van der Waals surface area contributed by atoms with Gasteiger partial charge in [-0.3, -0.25) is 19.2 Å². The molecule has 0 aliphatic carbocycles. The fraction of sp³-hybridized carbons (Fsp3) is 0.545. The number of hydrogen-bond acceptors (Lipinski definition) is 5. The summed E-state index contributed by atoms with van der Waals surface area (Å²) >= 11 is 0. The van der Waals surface area contributed by atoms with Crippen LogP contribution in [-0.4, -0.2) is 53.5 Å². The lowest BCUT2D eigenvalue weighted by molar-refractivity contribution is -0.141. The number of amides is 3. The second kappa shape index (κ2) is 14.1. The summed E-state index contributed by atoms with van der Waals surface area (Å²) in [5.41, 5.74) is 6.70. The van der Waals surface area contributed by atoms with E-state index in [4.69, 9.17) is 10.8 Å². The predicted octanol–water partition coefficient (Wildman–Crippen LogP) is 0.717. The number of aliphatic carboxylic acids is 1. The van der Waals surface area contributed by atoms with Gasteiger partial charge in [0, 0.05) is 6.42 Å². The van der Waals surface area contributed by atoms with Crippen LogP contribution < -0.4 is 21.7 Å². The van der Waals surface area contributed by atoms with Gasteiger partial charge in [-0.05, 0) is 58.1 Å². The van der Waals surface area contributed by atoms with E-state index in [2.05, 4.69) is 16.0 Å². The van der Waals surface area contributed by atoms with Crippen LogP contribution in [0.15, 0.2) is 30.3 Å². The number of carbonyl (C=O) groups excluding carboxylic acids is 3. The SMILES string of the molecule is C[C@H](NC(=O)[C@H](CCCN)NC(=O)[C@H](C)NC(=O)CCCCc1ccccc1)C(=O)O. The summed E-state index contributed by atoms with van der Waals surface area (Å²) in [6, 6.07) is 7.16. The lowest BCUT2D eigenvalue weighted by Crippen LogP contribution is -2.54. The van der Waals surface area contributed by atoms with E-state index in [9.17, 15) is 19.2 Å². The number of rotatable bonds is 14. The van der Waals surface area contributed by atoms with Crippen molar-refractivity contribution in [2.75, 3.05) is 6.54 Å². The van der Waals surface area contributed by atoms with E-state index in [0.29, 0.717) is 25.8 Å². The van der Waals surface area contributed by atoms with Gasteiger partial charge in [-0.1, -0.05) is 30.3 Å². The van der Waals surface area contributed by atoms with Crippen LogP contribution in [0.2, 0.25) is 0 Å². The fourth-order valence-electron chi connectivity index (χ4n) is 2.90. The average molecular weight is 435 g/mol. The number of hydrogen-bond donors (Lipinski definition) is 5. The smallest absolute Gasteiger partial charge is 0.325 e. The normalized spacial score (nSPS) is 13.5. The summed E-state index contributed by atoms with van der Waals surface area (Å²) in [5.74, 6) is -2.53. The molecule has 3 amide bonds. The molecule has 6 N–H and O–H groups in total. The number of carbonyl (C=O) groups is 4. The van der Waals surface area contributed by atoms with Gasteiger partial charge in [-0.25, -0.2) is 0 Å². The number of carboxylic acids is 1. The van der Waals surface area contributed by atoms with Gasteiger partial charge in [-0.15, -0.1) is 0 Å². The minimum absolute atomic E-state index is 0.238. The maximum atomic E-state index is 12.4. The fourth-order valence-corrected chi connectivity index (χ4v) is 2.90. The Morgan fingerprint density at radius 1 is 0.903 bits per heavy atom. The van der Waals surface area contributed by atoms with Crippen LogP contribution in [0.5, 0.6) is 0 Å². The molecule has 0 aliphatic heterocycles. The van der Waals surface area contributed by atoms with Crippen LogP contribution in [-0.2, 0) is 25.6 Å². The van der Waals surface area contributed by atoms with E-state index in [-0.39, 0.29) is 12.3 Å². The Morgan fingerprint density at radius 2 is 1.58 bits per heavy atom. The maximum Gasteiger partial charge on any atom is 0.325 e. The van der Waals surface area contributed by atoms with Crippen LogP contribution in [0.1, 0.15) is 51.5 Å². The van der Waals surface area contributed by atoms with Crippen molar-refractivity contribution >= 4 is 23.7 Å². The number of aryl methyl sites for hydroxylation is 1. The third kappa shape index (κ3) is 10.6. The van der Waals surface area contributed by atoms with Gasteiger partial charge < -0.3 is 26.8 Å². The highest BCUT2D eigenvalue weighted by Gasteiger charge is 2.26. The molecule has 9 heteroatoms. The van der Waals surface area contributed by atoms with Gasteiger partial charge in [0.25, 0.3) is 0 Å². The first kappa shape index (κ1) is 26.1. The molecule has 0 saturated carbocycles. The number of carboxylic acid groups (broad SMARTS) is 1. The summed E-state index contributed by atoms with van der Waals surface area (Å²) in [7, 11) is 0. The van der Waals surface area contributed by atoms with Crippen molar-refractivity contribution in [2.24, 2.45) is 5.73 Å². The van der Waals surface area contributed by atoms with Crippen molar-refractivity contribution in [2.45, 2.75) is 70.5 Å². The third-order valence-corrected chi connectivity index (χ3v) is 4.79. The molecule has 1 aromatic carbocycles. The van der Waals surface area contributed by atoms with E-state index >= 15 is 0 Å². The Bertz CT molecular complexity index is 726. The van der Waals surface area contributed by atoms with Gasteiger partial charge >= 0.3 is 5.97 Å². The Labute approximate surface area is 183 Å². The largest absolute Gasteiger partial charge is 0.480 e.